The molecule has 12 heavy (non-hydrogen) atoms. The summed E-state index contributed by atoms with van der Waals surface area (Å²) in [6, 6.07) is 2.26. The zero-order valence-electron chi connectivity index (χ0n) is 8.68. The van der Waals surface area contributed by atoms with Gasteiger partial charge in [-0.1, -0.05) is 0 Å². The minimum absolute atomic E-state index is 1.04. The average molecular weight is 166 g/mol. The molecule has 2 nitrogen and oxygen atoms in total. The molecular weight excluding hydrogens is 148 g/mol. The van der Waals surface area contributed by atoms with Crippen LogP contribution in [0.5, 0.6) is 0 Å². The van der Waals surface area contributed by atoms with Crippen molar-refractivity contribution in [1.82, 2.24) is 9.47 Å². The second kappa shape index (κ2) is 3.31. The van der Waals surface area contributed by atoms with Gasteiger partial charge >= 0.3 is 0 Å². The predicted octanol–water partition coefficient (Wildman–Crippen LogP) is 1.70. The van der Waals surface area contributed by atoms with Crippen LogP contribution in [0.25, 0.3) is 0 Å². The minimum atomic E-state index is 1.04. The maximum absolute atomic E-state index is 2.26. The molecule has 0 aliphatic heterocycles. The highest BCUT2D eigenvalue weighted by molar-refractivity contribution is 5.25. The van der Waals surface area contributed by atoms with Crippen molar-refractivity contribution in [3.05, 3.63) is 23.0 Å². The van der Waals surface area contributed by atoms with Crippen molar-refractivity contribution in [2.24, 2.45) is 7.05 Å². The summed E-state index contributed by atoms with van der Waals surface area (Å²) in [7, 11) is 6.31. The van der Waals surface area contributed by atoms with Crippen molar-refractivity contribution in [3.8, 4) is 0 Å². The molecule has 1 rings (SSSR count). The van der Waals surface area contributed by atoms with Gasteiger partial charge in [0.2, 0.25) is 0 Å². The van der Waals surface area contributed by atoms with E-state index in [0.29, 0.717) is 0 Å². The number of rotatable bonds is 2. The van der Waals surface area contributed by atoms with Gasteiger partial charge in [-0.15, -0.1) is 0 Å². The van der Waals surface area contributed by atoms with E-state index in [1.165, 1.54) is 17.0 Å². The first-order chi connectivity index (χ1) is 5.52. The molecule has 0 unspecified atom stereocenters. The van der Waals surface area contributed by atoms with Gasteiger partial charge in [-0.2, -0.15) is 0 Å². The van der Waals surface area contributed by atoms with Crippen LogP contribution < -0.4 is 0 Å². The number of nitrogens with zero attached hydrogens (tertiary/aromatic N) is 2. The fourth-order valence-corrected chi connectivity index (χ4v) is 1.43. The molecule has 0 aromatic carbocycles. The van der Waals surface area contributed by atoms with Crippen molar-refractivity contribution in [2.75, 3.05) is 14.1 Å². The molecule has 0 amide bonds. The maximum atomic E-state index is 2.26. The van der Waals surface area contributed by atoms with Crippen LogP contribution in [0.3, 0.4) is 0 Å². The third kappa shape index (κ3) is 1.69. The number of hydrogen-bond acceptors (Lipinski definition) is 1. The first-order valence-corrected chi connectivity index (χ1v) is 4.29. The van der Waals surface area contributed by atoms with E-state index in [2.05, 4.69) is 50.5 Å². The van der Waals surface area contributed by atoms with Gasteiger partial charge in [-0.25, -0.2) is 0 Å². The molecule has 68 valence electrons. The molecular formula is C10H18N2. The normalized spacial score (nSPS) is 11.2. The number of aryl methyl sites for hydroxylation is 1. The monoisotopic (exact) mass is 166 g/mol. The van der Waals surface area contributed by atoms with Gasteiger partial charge in [0.25, 0.3) is 0 Å². The third-order valence-corrected chi connectivity index (χ3v) is 2.37. The lowest BCUT2D eigenvalue weighted by molar-refractivity contribution is 0.401. The highest BCUT2D eigenvalue weighted by Gasteiger charge is 2.05. The molecule has 0 bridgehead atoms. The van der Waals surface area contributed by atoms with E-state index < -0.39 is 0 Å². The highest BCUT2D eigenvalue weighted by Crippen LogP contribution is 2.13. The minimum Gasteiger partial charge on any atom is -0.352 e. The van der Waals surface area contributed by atoms with Gasteiger partial charge in [0.05, 0.1) is 0 Å². The largest absolute Gasteiger partial charge is 0.352 e. The highest BCUT2D eigenvalue weighted by atomic mass is 15.1. The van der Waals surface area contributed by atoms with Crippen molar-refractivity contribution in [1.29, 1.82) is 0 Å². The van der Waals surface area contributed by atoms with E-state index in [1.54, 1.807) is 0 Å². The Morgan fingerprint density at radius 3 is 2.25 bits per heavy atom. The van der Waals surface area contributed by atoms with Crippen molar-refractivity contribution < 1.29 is 0 Å². The Kier molecular flexibility index (Phi) is 2.58. The molecule has 0 N–H and O–H groups in total. The molecule has 1 aromatic heterocycles. The quantitative estimate of drug-likeness (QED) is 0.649. The lowest BCUT2D eigenvalue weighted by Crippen LogP contribution is -2.11. The summed E-state index contributed by atoms with van der Waals surface area (Å²) in [5.74, 6) is 0. The predicted molar refractivity (Wildman–Crippen MR) is 52.3 cm³/mol. The van der Waals surface area contributed by atoms with E-state index in [4.69, 9.17) is 0 Å². The summed E-state index contributed by atoms with van der Waals surface area (Å²) in [4.78, 5) is 2.20. The van der Waals surface area contributed by atoms with Gasteiger partial charge in [0.15, 0.2) is 0 Å². The van der Waals surface area contributed by atoms with Crippen LogP contribution in [0.2, 0.25) is 0 Å². The summed E-state index contributed by atoms with van der Waals surface area (Å²) >= 11 is 0. The van der Waals surface area contributed by atoms with Gasteiger partial charge in [0.1, 0.15) is 0 Å². The molecule has 1 heterocycles. The Morgan fingerprint density at radius 1 is 1.33 bits per heavy atom. The zero-order chi connectivity index (χ0) is 9.30. The Labute approximate surface area is 74.8 Å². The zero-order valence-corrected chi connectivity index (χ0v) is 8.68. The summed E-state index contributed by atoms with van der Waals surface area (Å²) in [5, 5.41) is 0. The fourth-order valence-electron chi connectivity index (χ4n) is 1.43. The molecule has 1 aromatic rings. The van der Waals surface area contributed by atoms with Crippen molar-refractivity contribution >= 4 is 0 Å². The second-order valence-electron chi connectivity index (χ2n) is 3.69. The van der Waals surface area contributed by atoms with Crippen LogP contribution in [0.4, 0.5) is 0 Å². The molecule has 0 aliphatic rings. The van der Waals surface area contributed by atoms with Gasteiger partial charge in [-0.05, 0) is 39.6 Å². The van der Waals surface area contributed by atoms with Crippen LogP contribution in [-0.4, -0.2) is 23.6 Å². The number of hydrogen-bond donors (Lipinski definition) is 0. The van der Waals surface area contributed by atoms with Crippen molar-refractivity contribution in [3.63, 3.8) is 0 Å². The van der Waals surface area contributed by atoms with Crippen LogP contribution in [0.15, 0.2) is 6.07 Å². The molecule has 2 heteroatoms. The topological polar surface area (TPSA) is 8.17 Å². The smallest absolute Gasteiger partial charge is 0.0245 e. The molecule has 0 spiro atoms. The lowest BCUT2D eigenvalue weighted by Gasteiger charge is -2.09. The summed E-state index contributed by atoms with van der Waals surface area (Å²) in [6.07, 6.45) is 0. The lowest BCUT2D eigenvalue weighted by atomic mass is 10.2. The van der Waals surface area contributed by atoms with Crippen LogP contribution in [0, 0.1) is 13.8 Å². The Morgan fingerprint density at radius 2 is 1.92 bits per heavy atom. The summed E-state index contributed by atoms with van der Waals surface area (Å²) in [6.45, 7) is 5.35. The molecule has 0 aliphatic carbocycles. The van der Waals surface area contributed by atoms with E-state index in [0.717, 1.165) is 6.54 Å². The maximum Gasteiger partial charge on any atom is 0.0245 e. The van der Waals surface area contributed by atoms with E-state index >= 15 is 0 Å². The van der Waals surface area contributed by atoms with Gasteiger partial charge in [-0.3, -0.25) is 0 Å². The average Bonchev–Trinajstić information content (AvgIpc) is 2.17. The van der Waals surface area contributed by atoms with E-state index in [1.807, 2.05) is 0 Å². The van der Waals surface area contributed by atoms with E-state index in [9.17, 15) is 0 Å². The first-order valence-electron chi connectivity index (χ1n) is 4.29. The first kappa shape index (κ1) is 9.33. The third-order valence-electron chi connectivity index (χ3n) is 2.37. The van der Waals surface area contributed by atoms with Gasteiger partial charge < -0.3 is 9.47 Å². The fraction of sp³-hybridized carbons (Fsp3) is 0.600. The SMILES string of the molecule is Cc1cc(CN(C)C)c(C)n1C. The summed E-state index contributed by atoms with van der Waals surface area (Å²) < 4.78 is 2.23. The van der Waals surface area contributed by atoms with E-state index in [-0.39, 0.29) is 0 Å². The van der Waals surface area contributed by atoms with Gasteiger partial charge in [0, 0.05) is 25.0 Å². The van der Waals surface area contributed by atoms with Crippen LogP contribution in [-0.2, 0) is 13.6 Å². The Bertz CT molecular complexity index is 272. The van der Waals surface area contributed by atoms with Crippen LogP contribution in [0.1, 0.15) is 17.0 Å². The Balaban J connectivity index is 2.93. The molecule has 0 radical (unpaired) electrons. The molecule has 0 saturated heterocycles. The number of aromatic nitrogens is 1. The standard InChI is InChI=1S/C10H18N2/c1-8-6-10(7-11(3)4)9(2)12(8)5/h6H,7H2,1-5H3. The molecule has 0 saturated carbocycles. The Hall–Kier alpha value is -0.760. The second-order valence-corrected chi connectivity index (χ2v) is 3.69. The van der Waals surface area contributed by atoms with Crippen LogP contribution >= 0.6 is 0 Å². The molecule has 0 atom stereocenters. The van der Waals surface area contributed by atoms with Crippen molar-refractivity contribution in [2.45, 2.75) is 20.4 Å². The molecule has 0 fully saturated rings. The summed E-state index contributed by atoms with van der Waals surface area (Å²) in [5.41, 5.74) is 4.14.